The van der Waals surface area contributed by atoms with E-state index in [4.69, 9.17) is 0 Å². The topological polar surface area (TPSA) is 60.2 Å². The molecule has 0 fully saturated rings. The van der Waals surface area contributed by atoms with E-state index < -0.39 is 22.2 Å². The van der Waals surface area contributed by atoms with E-state index in [1.165, 1.54) is 6.07 Å². The molecule has 6 heteroatoms. The summed E-state index contributed by atoms with van der Waals surface area (Å²) in [6.45, 7) is 1.15. The summed E-state index contributed by atoms with van der Waals surface area (Å²) in [6, 6.07) is 2.23. The first-order valence-corrected chi connectivity index (χ1v) is 4.37. The smallest absolute Gasteiger partial charge is 0.294 e. The third kappa shape index (κ3) is 1.95. The largest absolute Gasteiger partial charge is 0.306 e. The van der Waals surface area contributed by atoms with Gasteiger partial charge in [-0.1, -0.05) is 15.9 Å². The average Bonchev–Trinajstić information content (AvgIpc) is 2.07. The van der Waals surface area contributed by atoms with Gasteiger partial charge in [-0.2, -0.15) is 4.39 Å². The molecule has 14 heavy (non-hydrogen) atoms. The van der Waals surface area contributed by atoms with E-state index in [2.05, 4.69) is 15.9 Å². The van der Waals surface area contributed by atoms with Crippen LogP contribution in [0.4, 0.5) is 10.1 Å². The third-order valence-corrected chi connectivity index (χ3v) is 2.05. The highest BCUT2D eigenvalue weighted by atomic mass is 79.9. The van der Waals surface area contributed by atoms with Crippen LogP contribution >= 0.6 is 15.9 Å². The van der Waals surface area contributed by atoms with Gasteiger partial charge in [0.05, 0.1) is 10.5 Å². The lowest BCUT2D eigenvalue weighted by atomic mass is 10.1. The van der Waals surface area contributed by atoms with Gasteiger partial charge < -0.3 is 0 Å². The molecule has 0 aromatic heterocycles. The Morgan fingerprint density at radius 1 is 1.57 bits per heavy atom. The Morgan fingerprint density at radius 2 is 2.14 bits per heavy atom. The molecular weight excluding hydrogens is 257 g/mol. The molecule has 1 aromatic rings. The van der Waals surface area contributed by atoms with Crippen LogP contribution in [0.5, 0.6) is 0 Å². The molecule has 1 aromatic carbocycles. The fourth-order valence-electron chi connectivity index (χ4n) is 0.964. The second kappa shape index (κ2) is 3.83. The van der Waals surface area contributed by atoms with E-state index in [0.29, 0.717) is 4.47 Å². The number of nitro benzene ring substituents is 1. The summed E-state index contributed by atoms with van der Waals surface area (Å²) in [5.74, 6) is -1.64. The number of ketones is 1. The molecule has 0 saturated heterocycles. The third-order valence-electron chi connectivity index (χ3n) is 1.59. The first-order valence-electron chi connectivity index (χ1n) is 3.58. The molecule has 0 bridgehead atoms. The first-order chi connectivity index (χ1) is 6.43. The molecule has 0 aliphatic heterocycles. The molecule has 0 aliphatic rings. The van der Waals surface area contributed by atoms with Gasteiger partial charge in [-0.3, -0.25) is 14.9 Å². The summed E-state index contributed by atoms with van der Waals surface area (Å²) >= 11 is 2.96. The quantitative estimate of drug-likeness (QED) is 0.467. The molecule has 0 aliphatic carbocycles. The SMILES string of the molecule is CC(=O)c1cc(Br)cc([N+](=O)[O-])c1F. The minimum Gasteiger partial charge on any atom is -0.294 e. The molecule has 4 nitrogen and oxygen atoms in total. The Morgan fingerprint density at radius 3 is 2.57 bits per heavy atom. The van der Waals surface area contributed by atoms with Gasteiger partial charge in [0.15, 0.2) is 5.78 Å². The van der Waals surface area contributed by atoms with E-state index in [-0.39, 0.29) is 5.56 Å². The van der Waals surface area contributed by atoms with Gasteiger partial charge in [0, 0.05) is 10.5 Å². The molecular formula is C8H5BrFNO3. The number of nitro groups is 1. The Balaban J connectivity index is 3.47. The van der Waals surface area contributed by atoms with Crippen molar-refractivity contribution in [1.82, 2.24) is 0 Å². The number of hydrogen-bond donors (Lipinski definition) is 0. The van der Waals surface area contributed by atoms with Crippen LogP contribution in [0, 0.1) is 15.9 Å². The van der Waals surface area contributed by atoms with Crippen LogP contribution in [0.15, 0.2) is 16.6 Å². The maximum atomic E-state index is 13.3. The summed E-state index contributed by atoms with van der Waals surface area (Å²) in [7, 11) is 0. The molecule has 0 spiro atoms. The zero-order chi connectivity index (χ0) is 10.9. The van der Waals surface area contributed by atoms with Crippen molar-refractivity contribution in [2.75, 3.05) is 0 Å². The molecule has 0 heterocycles. The second-order valence-electron chi connectivity index (χ2n) is 2.60. The van der Waals surface area contributed by atoms with Gasteiger partial charge in [-0.05, 0) is 13.0 Å². The molecule has 74 valence electrons. The van der Waals surface area contributed by atoms with Gasteiger partial charge >= 0.3 is 5.69 Å². The predicted molar refractivity (Wildman–Crippen MR) is 50.8 cm³/mol. The fourth-order valence-corrected chi connectivity index (χ4v) is 1.41. The zero-order valence-corrected chi connectivity index (χ0v) is 8.67. The van der Waals surface area contributed by atoms with Gasteiger partial charge in [-0.25, -0.2) is 0 Å². The van der Waals surface area contributed by atoms with Crippen molar-refractivity contribution in [3.8, 4) is 0 Å². The average molecular weight is 262 g/mol. The number of hydrogen-bond acceptors (Lipinski definition) is 3. The molecule has 0 N–H and O–H groups in total. The van der Waals surface area contributed by atoms with Gasteiger partial charge in [0.2, 0.25) is 5.82 Å². The first kappa shape index (κ1) is 10.8. The summed E-state index contributed by atoms with van der Waals surface area (Å²) in [4.78, 5) is 20.4. The fraction of sp³-hybridized carbons (Fsp3) is 0.125. The number of carbonyl (C=O) groups is 1. The van der Waals surface area contributed by atoms with Crippen LogP contribution in [0.3, 0.4) is 0 Å². The summed E-state index contributed by atoms with van der Waals surface area (Å²) in [5, 5.41) is 10.4. The summed E-state index contributed by atoms with van der Waals surface area (Å²) in [5.41, 5.74) is -0.990. The van der Waals surface area contributed by atoms with Crippen LogP contribution in [-0.2, 0) is 0 Å². The van der Waals surface area contributed by atoms with Crippen LogP contribution in [0.2, 0.25) is 0 Å². The van der Waals surface area contributed by atoms with E-state index in [1.54, 1.807) is 0 Å². The normalized spacial score (nSPS) is 9.93. The Kier molecular flexibility index (Phi) is 2.95. The number of benzene rings is 1. The van der Waals surface area contributed by atoms with Crippen LogP contribution in [-0.4, -0.2) is 10.7 Å². The van der Waals surface area contributed by atoms with E-state index in [0.717, 1.165) is 13.0 Å². The molecule has 0 saturated carbocycles. The van der Waals surface area contributed by atoms with E-state index >= 15 is 0 Å². The summed E-state index contributed by atoms with van der Waals surface area (Å²) in [6.07, 6.45) is 0. The van der Waals surface area contributed by atoms with Crippen molar-refractivity contribution in [1.29, 1.82) is 0 Å². The lowest BCUT2D eigenvalue weighted by Gasteiger charge is -2.00. The molecule has 0 amide bonds. The molecule has 0 atom stereocenters. The van der Waals surface area contributed by atoms with E-state index in [9.17, 15) is 19.3 Å². The maximum absolute atomic E-state index is 13.3. The number of rotatable bonds is 2. The Hall–Kier alpha value is -1.30. The van der Waals surface area contributed by atoms with E-state index in [1.807, 2.05) is 0 Å². The van der Waals surface area contributed by atoms with Crippen LogP contribution in [0.1, 0.15) is 17.3 Å². The number of nitrogens with zero attached hydrogens (tertiary/aromatic N) is 1. The highest BCUT2D eigenvalue weighted by Gasteiger charge is 2.21. The van der Waals surface area contributed by atoms with Crippen molar-refractivity contribution in [2.45, 2.75) is 6.92 Å². The minimum absolute atomic E-state index is 0.286. The number of carbonyl (C=O) groups excluding carboxylic acids is 1. The monoisotopic (exact) mass is 261 g/mol. The Labute approximate surface area is 87.0 Å². The molecule has 1 rings (SSSR count). The summed E-state index contributed by atoms with van der Waals surface area (Å²) < 4.78 is 13.6. The van der Waals surface area contributed by atoms with Crippen LogP contribution in [0.25, 0.3) is 0 Å². The van der Waals surface area contributed by atoms with Crippen molar-refractivity contribution in [2.24, 2.45) is 0 Å². The van der Waals surface area contributed by atoms with Gasteiger partial charge in [0.25, 0.3) is 0 Å². The highest BCUT2D eigenvalue weighted by Crippen LogP contribution is 2.26. The highest BCUT2D eigenvalue weighted by molar-refractivity contribution is 9.10. The van der Waals surface area contributed by atoms with Crippen molar-refractivity contribution in [3.05, 3.63) is 38.1 Å². The maximum Gasteiger partial charge on any atom is 0.306 e. The molecule has 0 radical (unpaired) electrons. The number of Topliss-reactive ketones (excluding diaryl/α,β-unsaturated/α-hetero) is 1. The predicted octanol–water partition coefficient (Wildman–Crippen LogP) is 2.70. The minimum atomic E-state index is -1.09. The lowest BCUT2D eigenvalue weighted by Crippen LogP contribution is -2.01. The standard InChI is InChI=1S/C8H5BrFNO3/c1-4(12)6-2-5(9)3-7(8(6)10)11(13)14/h2-3H,1H3. The Bertz CT molecular complexity index is 384. The van der Waals surface area contributed by atoms with Crippen LogP contribution < -0.4 is 0 Å². The van der Waals surface area contributed by atoms with Crippen molar-refractivity contribution < 1.29 is 14.1 Å². The van der Waals surface area contributed by atoms with Crippen molar-refractivity contribution in [3.63, 3.8) is 0 Å². The van der Waals surface area contributed by atoms with Gasteiger partial charge in [0.1, 0.15) is 0 Å². The molecule has 0 unspecified atom stereocenters. The second-order valence-corrected chi connectivity index (χ2v) is 3.52. The lowest BCUT2D eigenvalue weighted by molar-refractivity contribution is -0.387. The number of halogens is 2. The zero-order valence-electron chi connectivity index (χ0n) is 7.08. The van der Waals surface area contributed by atoms with Crippen molar-refractivity contribution >= 4 is 27.4 Å². The van der Waals surface area contributed by atoms with Gasteiger partial charge in [-0.15, -0.1) is 0 Å².